The number of anilines is 1. The first kappa shape index (κ1) is 26.6. The van der Waals surface area contributed by atoms with Crippen molar-refractivity contribution in [1.82, 2.24) is 9.62 Å². The van der Waals surface area contributed by atoms with Crippen molar-refractivity contribution in [2.75, 3.05) is 18.4 Å². The molecule has 2 aliphatic rings. The summed E-state index contributed by atoms with van der Waals surface area (Å²) in [5, 5.41) is 3.06. The second-order valence-electron chi connectivity index (χ2n) is 10.8. The quantitative estimate of drug-likeness (QED) is 0.433. The highest BCUT2D eigenvalue weighted by Gasteiger charge is 2.32. The molecule has 38 heavy (non-hydrogen) atoms. The molecular formula is C31H37N3O3S. The first-order chi connectivity index (χ1) is 18.3. The molecule has 0 radical (unpaired) electrons. The fourth-order valence-corrected chi connectivity index (χ4v) is 7.55. The summed E-state index contributed by atoms with van der Waals surface area (Å²) in [6.45, 7) is 6.63. The van der Waals surface area contributed by atoms with Crippen LogP contribution in [0, 0.1) is 12.8 Å². The molecule has 5 rings (SSSR count). The van der Waals surface area contributed by atoms with Gasteiger partial charge < -0.3 is 5.32 Å². The van der Waals surface area contributed by atoms with Crippen molar-refractivity contribution >= 4 is 21.6 Å². The summed E-state index contributed by atoms with van der Waals surface area (Å²) < 4.78 is 30.4. The van der Waals surface area contributed by atoms with Gasteiger partial charge in [0.05, 0.1) is 4.90 Å². The van der Waals surface area contributed by atoms with Gasteiger partial charge in [-0.15, -0.1) is 0 Å². The number of likely N-dealkylation sites (tertiary alicyclic amines) is 1. The third kappa shape index (κ3) is 5.85. The number of carbonyl (C=O) groups excluding carboxylic acids is 1. The van der Waals surface area contributed by atoms with Crippen LogP contribution in [0.2, 0.25) is 0 Å². The number of hydrogen-bond donors (Lipinski definition) is 2. The largest absolute Gasteiger partial charge is 0.322 e. The van der Waals surface area contributed by atoms with Crippen LogP contribution < -0.4 is 10.0 Å². The van der Waals surface area contributed by atoms with Gasteiger partial charge in [-0.2, -0.15) is 0 Å². The Morgan fingerprint density at radius 2 is 1.66 bits per heavy atom. The van der Waals surface area contributed by atoms with Crippen LogP contribution in [0.3, 0.4) is 0 Å². The van der Waals surface area contributed by atoms with Crippen molar-refractivity contribution in [2.45, 2.75) is 63.4 Å². The number of nitrogens with zero attached hydrogens (tertiary/aromatic N) is 1. The van der Waals surface area contributed by atoms with Gasteiger partial charge in [0.15, 0.2) is 0 Å². The average molecular weight is 532 g/mol. The molecule has 0 unspecified atom stereocenters. The first-order valence-electron chi connectivity index (χ1n) is 13.6. The molecule has 200 valence electrons. The minimum Gasteiger partial charge on any atom is -0.322 e. The normalized spacial score (nSPS) is 20.1. The van der Waals surface area contributed by atoms with Crippen molar-refractivity contribution < 1.29 is 13.2 Å². The maximum Gasteiger partial charge on any atom is 0.255 e. The molecule has 1 aliphatic heterocycles. The first-order valence-corrected chi connectivity index (χ1v) is 15.1. The standard InChI is InChI=1S/C31H37N3O3S/c1-22-10-6-7-13-25(22)31(35)32-29-16-17-30(27-15-9-8-14-26(27)29)38(36,37)33-28-18-19-34(20-23(28)2)21-24-11-4-3-5-12-24/h3-7,10-13,16-17,23,28,33H,8-9,14-15,18-21H2,1-2H3,(H,32,35)/t23-,28+/m0/s1. The summed E-state index contributed by atoms with van der Waals surface area (Å²) >= 11 is 0. The molecule has 1 aliphatic carbocycles. The van der Waals surface area contributed by atoms with Gasteiger partial charge >= 0.3 is 0 Å². The van der Waals surface area contributed by atoms with E-state index in [4.69, 9.17) is 0 Å². The number of sulfonamides is 1. The number of benzene rings is 3. The Bertz CT molecular complexity index is 1410. The third-order valence-corrected chi connectivity index (χ3v) is 9.54. The lowest BCUT2D eigenvalue weighted by atomic mass is 9.90. The Hall–Kier alpha value is -3.00. The number of aryl methyl sites for hydroxylation is 1. The smallest absolute Gasteiger partial charge is 0.255 e. The summed E-state index contributed by atoms with van der Waals surface area (Å²) in [5.41, 5.74) is 5.33. The molecule has 1 amide bonds. The van der Waals surface area contributed by atoms with Gasteiger partial charge in [-0.1, -0.05) is 55.5 Å². The van der Waals surface area contributed by atoms with E-state index in [9.17, 15) is 13.2 Å². The molecule has 1 fully saturated rings. The number of amides is 1. The van der Waals surface area contributed by atoms with Gasteiger partial charge in [-0.05, 0) is 85.4 Å². The van der Waals surface area contributed by atoms with Crippen LogP contribution >= 0.6 is 0 Å². The number of carbonyl (C=O) groups is 1. The molecule has 1 saturated heterocycles. The van der Waals surface area contributed by atoms with E-state index >= 15 is 0 Å². The van der Waals surface area contributed by atoms with Crippen LogP contribution in [0.4, 0.5) is 5.69 Å². The van der Waals surface area contributed by atoms with E-state index in [1.165, 1.54) is 5.56 Å². The molecule has 0 aromatic heterocycles. The average Bonchev–Trinajstić information content (AvgIpc) is 2.91. The predicted molar refractivity (Wildman–Crippen MR) is 152 cm³/mol. The van der Waals surface area contributed by atoms with Crippen molar-refractivity contribution in [3.63, 3.8) is 0 Å². The molecule has 0 bridgehead atoms. The monoisotopic (exact) mass is 531 g/mol. The van der Waals surface area contributed by atoms with Crippen molar-refractivity contribution in [1.29, 1.82) is 0 Å². The van der Waals surface area contributed by atoms with E-state index in [0.29, 0.717) is 16.9 Å². The SMILES string of the molecule is Cc1ccccc1C(=O)Nc1ccc(S(=O)(=O)N[C@@H]2CCN(Cc3ccccc3)C[C@@H]2C)c2c1CCCC2. The molecule has 3 aromatic rings. The Balaban J connectivity index is 1.32. The lowest BCUT2D eigenvalue weighted by Crippen LogP contribution is -2.49. The van der Waals surface area contributed by atoms with Crippen LogP contribution in [0.25, 0.3) is 0 Å². The molecule has 7 heteroatoms. The topological polar surface area (TPSA) is 78.5 Å². The highest BCUT2D eigenvalue weighted by Crippen LogP contribution is 2.34. The second-order valence-corrected chi connectivity index (χ2v) is 12.4. The predicted octanol–water partition coefficient (Wildman–Crippen LogP) is 5.32. The van der Waals surface area contributed by atoms with Crippen LogP contribution in [-0.2, 0) is 29.4 Å². The minimum absolute atomic E-state index is 0.105. The third-order valence-electron chi connectivity index (χ3n) is 7.96. The molecule has 0 spiro atoms. The van der Waals surface area contributed by atoms with Crippen molar-refractivity contribution in [2.24, 2.45) is 5.92 Å². The van der Waals surface area contributed by atoms with Crippen LogP contribution in [0.5, 0.6) is 0 Å². The summed E-state index contributed by atoms with van der Waals surface area (Å²) in [7, 11) is -3.70. The summed E-state index contributed by atoms with van der Waals surface area (Å²) in [5.74, 6) is 0.0337. The Morgan fingerprint density at radius 1 is 0.947 bits per heavy atom. The van der Waals surface area contributed by atoms with E-state index in [1.54, 1.807) is 12.1 Å². The zero-order valence-electron chi connectivity index (χ0n) is 22.2. The van der Waals surface area contributed by atoms with Crippen LogP contribution in [-0.4, -0.2) is 38.4 Å². The minimum atomic E-state index is -3.70. The van der Waals surface area contributed by atoms with Crippen LogP contribution in [0.1, 0.15) is 58.8 Å². The fraction of sp³-hybridized carbons (Fsp3) is 0.387. The number of piperidine rings is 1. The lowest BCUT2D eigenvalue weighted by molar-refractivity contribution is 0.102. The zero-order chi connectivity index (χ0) is 26.7. The van der Waals surface area contributed by atoms with Gasteiger partial charge in [0.1, 0.15) is 0 Å². The summed E-state index contributed by atoms with van der Waals surface area (Å²) in [4.78, 5) is 15.8. The molecule has 6 nitrogen and oxygen atoms in total. The van der Waals surface area contributed by atoms with Gasteiger partial charge in [0, 0.05) is 36.9 Å². The lowest BCUT2D eigenvalue weighted by Gasteiger charge is -2.37. The highest BCUT2D eigenvalue weighted by atomic mass is 32.2. The summed E-state index contributed by atoms with van der Waals surface area (Å²) in [6.07, 6.45) is 4.16. The van der Waals surface area contributed by atoms with Gasteiger partial charge in [0.25, 0.3) is 5.91 Å². The molecule has 3 aromatic carbocycles. The van der Waals surface area contributed by atoms with E-state index in [0.717, 1.165) is 67.7 Å². The van der Waals surface area contributed by atoms with Crippen molar-refractivity contribution in [3.8, 4) is 0 Å². The van der Waals surface area contributed by atoms with Gasteiger partial charge in [-0.3, -0.25) is 9.69 Å². The number of nitrogens with one attached hydrogen (secondary N) is 2. The Morgan fingerprint density at radius 3 is 2.39 bits per heavy atom. The number of rotatable bonds is 7. The van der Waals surface area contributed by atoms with E-state index in [2.05, 4.69) is 46.1 Å². The van der Waals surface area contributed by atoms with Gasteiger partial charge in [0.2, 0.25) is 10.0 Å². The number of fused-ring (bicyclic) bond motifs is 1. The van der Waals surface area contributed by atoms with Gasteiger partial charge in [-0.25, -0.2) is 13.1 Å². The number of hydrogen-bond acceptors (Lipinski definition) is 4. The van der Waals surface area contributed by atoms with Crippen molar-refractivity contribution in [3.05, 3.63) is 94.5 Å². The maximum absolute atomic E-state index is 13.7. The summed E-state index contributed by atoms with van der Waals surface area (Å²) in [6, 6.07) is 21.2. The molecular weight excluding hydrogens is 494 g/mol. The van der Waals surface area contributed by atoms with Crippen LogP contribution in [0.15, 0.2) is 71.6 Å². The molecule has 1 heterocycles. The van der Waals surface area contributed by atoms with E-state index in [1.807, 2.05) is 37.3 Å². The Labute approximate surface area is 226 Å². The Kier molecular flexibility index (Phi) is 7.98. The van der Waals surface area contributed by atoms with E-state index in [-0.39, 0.29) is 17.9 Å². The van der Waals surface area contributed by atoms with E-state index < -0.39 is 10.0 Å². The molecule has 0 saturated carbocycles. The molecule has 2 atom stereocenters. The maximum atomic E-state index is 13.7. The second kappa shape index (κ2) is 11.4. The highest BCUT2D eigenvalue weighted by molar-refractivity contribution is 7.89. The fourth-order valence-electron chi connectivity index (χ4n) is 5.88. The molecule has 2 N–H and O–H groups in total. The zero-order valence-corrected chi connectivity index (χ0v) is 23.1.